The molecule has 1 heterocycles. The van der Waals surface area contributed by atoms with Crippen LogP contribution in [0.1, 0.15) is 52.4 Å². The maximum atomic E-state index is 12.2. The first-order valence-electron chi connectivity index (χ1n) is 8.26. The smallest absolute Gasteiger partial charge is 0.437 e. The SMILES string of the molecule is COC(=O)OC1(OC(=O)OC2C(C)CCCC2C)CCCCO1. The number of carbonyl (C=O) groups is 2. The maximum Gasteiger partial charge on any atom is 0.513 e. The van der Waals surface area contributed by atoms with Gasteiger partial charge in [0.2, 0.25) is 0 Å². The highest BCUT2D eigenvalue weighted by atomic mass is 16.9. The average molecular weight is 330 g/mol. The van der Waals surface area contributed by atoms with E-state index in [0.29, 0.717) is 13.0 Å². The molecule has 0 bridgehead atoms. The van der Waals surface area contributed by atoms with Gasteiger partial charge in [-0.2, -0.15) is 0 Å². The third-order valence-electron chi connectivity index (χ3n) is 4.52. The number of rotatable bonds is 3. The molecule has 0 aromatic rings. The summed E-state index contributed by atoms with van der Waals surface area (Å²) in [5, 5.41) is 0. The Balaban J connectivity index is 1.98. The van der Waals surface area contributed by atoms with Gasteiger partial charge in [-0.05, 0) is 37.5 Å². The summed E-state index contributed by atoms with van der Waals surface area (Å²) in [4.78, 5) is 23.6. The summed E-state index contributed by atoms with van der Waals surface area (Å²) in [5.74, 6) is -1.20. The molecule has 0 N–H and O–H groups in total. The number of carbonyl (C=O) groups excluding carboxylic acids is 2. The van der Waals surface area contributed by atoms with Crippen LogP contribution in [0, 0.1) is 11.8 Å². The van der Waals surface area contributed by atoms with Crippen molar-refractivity contribution in [3.8, 4) is 0 Å². The fraction of sp³-hybridized carbons (Fsp3) is 0.875. The third kappa shape index (κ3) is 4.73. The molecule has 2 rings (SSSR count). The predicted octanol–water partition coefficient (Wildman–Crippen LogP) is 3.60. The van der Waals surface area contributed by atoms with Crippen molar-refractivity contribution in [1.82, 2.24) is 0 Å². The van der Waals surface area contributed by atoms with E-state index in [0.717, 1.165) is 25.7 Å². The van der Waals surface area contributed by atoms with Crippen molar-refractivity contribution in [2.24, 2.45) is 11.8 Å². The van der Waals surface area contributed by atoms with Crippen LogP contribution in [-0.2, 0) is 23.7 Å². The summed E-state index contributed by atoms with van der Waals surface area (Å²) in [6.45, 7) is 4.46. The lowest BCUT2D eigenvalue weighted by Gasteiger charge is -2.36. The Morgan fingerprint density at radius 1 is 1.00 bits per heavy atom. The lowest BCUT2D eigenvalue weighted by molar-refractivity contribution is -0.354. The Kier molecular flexibility index (Phi) is 6.10. The van der Waals surface area contributed by atoms with E-state index >= 15 is 0 Å². The zero-order valence-electron chi connectivity index (χ0n) is 14.0. The van der Waals surface area contributed by atoms with Gasteiger partial charge in [0.15, 0.2) is 0 Å². The largest absolute Gasteiger partial charge is 0.513 e. The van der Waals surface area contributed by atoms with Crippen LogP contribution in [0.25, 0.3) is 0 Å². The van der Waals surface area contributed by atoms with E-state index in [9.17, 15) is 9.59 Å². The average Bonchev–Trinajstić information content (AvgIpc) is 2.51. The van der Waals surface area contributed by atoms with Gasteiger partial charge in [-0.3, -0.25) is 0 Å². The Labute approximate surface area is 136 Å². The molecule has 0 aromatic carbocycles. The first-order valence-corrected chi connectivity index (χ1v) is 8.26. The highest BCUT2D eigenvalue weighted by Gasteiger charge is 2.44. The van der Waals surface area contributed by atoms with Crippen molar-refractivity contribution in [3.05, 3.63) is 0 Å². The van der Waals surface area contributed by atoms with Gasteiger partial charge in [-0.25, -0.2) is 9.59 Å². The molecule has 2 aliphatic rings. The zero-order valence-corrected chi connectivity index (χ0v) is 14.0. The predicted molar refractivity (Wildman–Crippen MR) is 79.6 cm³/mol. The van der Waals surface area contributed by atoms with Gasteiger partial charge in [0, 0.05) is 0 Å². The highest BCUT2D eigenvalue weighted by molar-refractivity contribution is 5.62. The summed E-state index contributed by atoms with van der Waals surface area (Å²) >= 11 is 0. The van der Waals surface area contributed by atoms with Crippen molar-refractivity contribution in [1.29, 1.82) is 0 Å². The second-order valence-corrected chi connectivity index (χ2v) is 6.36. The molecule has 0 radical (unpaired) electrons. The molecular formula is C16H26O7. The lowest BCUT2D eigenvalue weighted by Crippen LogP contribution is -2.46. The van der Waals surface area contributed by atoms with Gasteiger partial charge in [0.25, 0.3) is 0 Å². The molecule has 0 spiro atoms. The van der Waals surface area contributed by atoms with Crippen LogP contribution >= 0.6 is 0 Å². The molecule has 0 aromatic heterocycles. The second-order valence-electron chi connectivity index (χ2n) is 6.36. The number of ether oxygens (including phenoxy) is 5. The maximum absolute atomic E-state index is 12.2. The molecule has 23 heavy (non-hydrogen) atoms. The minimum Gasteiger partial charge on any atom is -0.437 e. The first-order chi connectivity index (χ1) is 11.0. The van der Waals surface area contributed by atoms with E-state index in [1.807, 2.05) is 0 Å². The summed E-state index contributed by atoms with van der Waals surface area (Å²) in [6, 6.07) is 0. The molecule has 3 unspecified atom stereocenters. The van der Waals surface area contributed by atoms with Crippen LogP contribution in [0.2, 0.25) is 0 Å². The molecule has 132 valence electrons. The molecule has 0 amide bonds. The Morgan fingerprint density at radius 3 is 2.22 bits per heavy atom. The van der Waals surface area contributed by atoms with Gasteiger partial charge in [-0.1, -0.05) is 20.3 Å². The van der Waals surface area contributed by atoms with Crippen LogP contribution in [-0.4, -0.2) is 38.1 Å². The quantitative estimate of drug-likeness (QED) is 0.577. The zero-order chi connectivity index (χ0) is 16.9. The van der Waals surface area contributed by atoms with Crippen LogP contribution in [0.15, 0.2) is 0 Å². The summed E-state index contributed by atoms with van der Waals surface area (Å²) in [5.41, 5.74) is 0. The normalized spacial score (nSPS) is 34.3. The van der Waals surface area contributed by atoms with Gasteiger partial charge in [0.1, 0.15) is 6.10 Å². The lowest BCUT2D eigenvalue weighted by atomic mass is 9.81. The fourth-order valence-corrected chi connectivity index (χ4v) is 3.24. The van der Waals surface area contributed by atoms with E-state index in [1.54, 1.807) is 0 Å². The standard InChI is InChI=1S/C16H26O7/c1-11-7-6-8-12(2)13(11)21-15(18)23-16(22-14(17)19-3)9-4-5-10-20-16/h11-13H,4-10H2,1-3H3. The van der Waals surface area contributed by atoms with Crippen molar-refractivity contribution in [2.75, 3.05) is 13.7 Å². The summed E-state index contributed by atoms with van der Waals surface area (Å²) < 4.78 is 25.6. The van der Waals surface area contributed by atoms with Gasteiger partial charge in [0.05, 0.1) is 20.1 Å². The molecule has 1 aliphatic carbocycles. The van der Waals surface area contributed by atoms with E-state index in [4.69, 9.17) is 18.9 Å². The third-order valence-corrected chi connectivity index (χ3v) is 4.52. The number of hydrogen-bond donors (Lipinski definition) is 0. The van der Waals surface area contributed by atoms with E-state index in [2.05, 4.69) is 18.6 Å². The molecule has 7 heteroatoms. The fourth-order valence-electron chi connectivity index (χ4n) is 3.24. The highest BCUT2D eigenvalue weighted by Crippen LogP contribution is 2.33. The van der Waals surface area contributed by atoms with E-state index in [1.165, 1.54) is 7.11 Å². The van der Waals surface area contributed by atoms with Crippen LogP contribution in [0.3, 0.4) is 0 Å². The molecule has 2 fully saturated rings. The van der Waals surface area contributed by atoms with Crippen LogP contribution in [0.4, 0.5) is 9.59 Å². The summed E-state index contributed by atoms with van der Waals surface area (Å²) in [6.07, 6.45) is 2.91. The van der Waals surface area contributed by atoms with Gasteiger partial charge >= 0.3 is 18.3 Å². The molecule has 1 aliphatic heterocycles. The Hall–Kier alpha value is -1.50. The van der Waals surface area contributed by atoms with Crippen LogP contribution in [0.5, 0.6) is 0 Å². The molecule has 1 saturated heterocycles. The van der Waals surface area contributed by atoms with Gasteiger partial charge < -0.3 is 23.7 Å². The van der Waals surface area contributed by atoms with E-state index in [-0.39, 0.29) is 24.4 Å². The first kappa shape index (κ1) is 17.8. The van der Waals surface area contributed by atoms with Crippen molar-refractivity contribution >= 4 is 12.3 Å². The Bertz CT molecular complexity index is 407. The molecule has 7 nitrogen and oxygen atoms in total. The molecule has 1 saturated carbocycles. The minimum atomic E-state index is -1.75. The number of hydrogen-bond acceptors (Lipinski definition) is 7. The van der Waals surface area contributed by atoms with Crippen molar-refractivity contribution < 1.29 is 33.3 Å². The van der Waals surface area contributed by atoms with Crippen molar-refractivity contribution in [2.45, 2.75) is 64.4 Å². The van der Waals surface area contributed by atoms with E-state index < -0.39 is 18.3 Å². The van der Waals surface area contributed by atoms with Crippen molar-refractivity contribution in [3.63, 3.8) is 0 Å². The topological polar surface area (TPSA) is 80.3 Å². The van der Waals surface area contributed by atoms with Crippen LogP contribution < -0.4 is 0 Å². The minimum absolute atomic E-state index is 0.199. The summed E-state index contributed by atoms with van der Waals surface area (Å²) in [7, 11) is 1.18. The number of methoxy groups -OCH3 is 1. The molecular weight excluding hydrogens is 304 g/mol. The monoisotopic (exact) mass is 330 g/mol. The molecule has 3 atom stereocenters. The van der Waals surface area contributed by atoms with Gasteiger partial charge in [-0.15, -0.1) is 0 Å². The Morgan fingerprint density at radius 2 is 1.65 bits per heavy atom. The second kappa shape index (κ2) is 7.86.